The molecule has 19 heavy (non-hydrogen) atoms. The van der Waals surface area contributed by atoms with Crippen LogP contribution in [0, 0.1) is 24.0 Å². The van der Waals surface area contributed by atoms with E-state index in [4.69, 9.17) is 4.18 Å². The predicted octanol–water partition coefficient (Wildman–Crippen LogP) is 2.72. The van der Waals surface area contributed by atoms with Gasteiger partial charge in [0.1, 0.15) is 0 Å². The van der Waals surface area contributed by atoms with Gasteiger partial charge in [-0.3, -0.25) is 14.3 Å². The third kappa shape index (κ3) is 3.74. The van der Waals surface area contributed by atoms with Gasteiger partial charge >= 0.3 is 10.1 Å². The standard InChI is InChI=1S/C12H17NO5S/c1-4-5-6-18-19(16,17)12-8-10(3)9(2)7-11(12)13(14)15/h7-8H,4-6H2,1-3H3. The van der Waals surface area contributed by atoms with E-state index in [9.17, 15) is 18.5 Å². The van der Waals surface area contributed by atoms with Crippen LogP contribution < -0.4 is 0 Å². The molecule has 0 radical (unpaired) electrons. The van der Waals surface area contributed by atoms with Gasteiger partial charge in [0, 0.05) is 6.07 Å². The molecule has 1 aromatic carbocycles. The Morgan fingerprint density at radius 2 is 1.84 bits per heavy atom. The van der Waals surface area contributed by atoms with Gasteiger partial charge in [0.15, 0.2) is 4.90 Å². The van der Waals surface area contributed by atoms with Gasteiger partial charge < -0.3 is 0 Å². The van der Waals surface area contributed by atoms with Crippen molar-refractivity contribution in [2.75, 3.05) is 6.61 Å². The normalized spacial score (nSPS) is 11.5. The zero-order valence-corrected chi connectivity index (χ0v) is 12.0. The maximum atomic E-state index is 12.0. The van der Waals surface area contributed by atoms with Crippen molar-refractivity contribution in [2.45, 2.75) is 38.5 Å². The summed E-state index contributed by atoms with van der Waals surface area (Å²) in [7, 11) is -4.09. The van der Waals surface area contributed by atoms with E-state index in [1.54, 1.807) is 13.8 Å². The largest absolute Gasteiger partial charge is 0.303 e. The molecule has 0 unspecified atom stereocenters. The summed E-state index contributed by atoms with van der Waals surface area (Å²) in [4.78, 5) is 9.86. The second-order valence-corrected chi connectivity index (χ2v) is 5.87. The highest BCUT2D eigenvalue weighted by Gasteiger charge is 2.27. The first kappa shape index (κ1) is 15.6. The Morgan fingerprint density at radius 3 is 2.37 bits per heavy atom. The molecule has 0 aromatic heterocycles. The number of nitro groups is 1. The summed E-state index contributed by atoms with van der Waals surface area (Å²) in [5, 5.41) is 10.9. The van der Waals surface area contributed by atoms with Crippen molar-refractivity contribution in [3.8, 4) is 0 Å². The minimum Gasteiger partial charge on any atom is -0.266 e. The van der Waals surface area contributed by atoms with Gasteiger partial charge in [-0.1, -0.05) is 13.3 Å². The number of unbranched alkanes of at least 4 members (excludes halogenated alkanes) is 1. The van der Waals surface area contributed by atoms with Crippen LogP contribution in [0.25, 0.3) is 0 Å². The fourth-order valence-electron chi connectivity index (χ4n) is 1.49. The highest BCUT2D eigenvalue weighted by Crippen LogP contribution is 2.28. The molecule has 1 rings (SSSR count). The van der Waals surface area contributed by atoms with E-state index < -0.39 is 20.7 Å². The van der Waals surface area contributed by atoms with Crippen molar-refractivity contribution in [3.63, 3.8) is 0 Å². The number of rotatable bonds is 6. The van der Waals surface area contributed by atoms with Gasteiger partial charge in [0.25, 0.3) is 5.69 Å². The molecular weight excluding hydrogens is 270 g/mol. The average Bonchev–Trinajstić information content (AvgIpc) is 2.31. The zero-order valence-electron chi connectivity index (χ0n) is 11.2. The minimum atomic E-state index is -4.09. The molecule has 0 atom stereocenters. The third-order valence-electron chi connectivity index (χ3n) is 2.78. The lowest BCUT2D eigenvalue weighted by molar-refractivity contribution is -0.388. The molecule has 0 saturated heterocycles. The summed E-state index contributed by atoms with van der Waals surface area (Å²) in [6.45, 7) is 5.32. The van der Waals surface area contributed by atoms with Crippen LogP contribution in [0.3, 0.4) is 0 Å². The van der Waals surface area contributed by atoms with Gasteiger partial charge in [-0.25, -0.2) is 0 Å². The summed E-state index contributed by atoms with van der Waals surface area (Å²) in [5.74, 6) is 0. The summed E-state index contributed by atoms with van der Waals surface area (Å²) in [6.07, 6.45) is 1.36. The Bertz CT molecular complexity index is 580. The molecule has 0 spiro atoms. The van der Waals surface area contributed by atoms with E-state index in [2.05, 4.69) is 0 Å². The number of benzene rings is 1. The Balaban J connectivity index is 3.25. The van der Waals surface area contributed by atoms with Crippen molar-refractivity contribution in [2.24, 2.45) is 0 Å². The van der Waals surface area contributed by atoms with Crippen LogP contribution in [-0.2, 0) is 14.3 Å². The molecule has 0 fully saturated rings. The Kier molecular flexibility index (Phi) is 5.02. The maximum Gasteiger partial charge on any atom is 0.303 e. The summed E-state index contributed by atoms with van der Waals surface area (Å²) in [6, 6.07) is 2.54. The van der Waals surface area contributed by atoms with Crippen LogP contribution in [0.1, 0.15) is 30.9 Å². The third-order valence-corrected chi connectivity index (χ3v) is 4.12. The van der Waals surface area contributed by atoms with Crippen molar-refractivity contribution < 1.29 is 17.5 Å². The molecular formula is C12H17NO5S. The fraction of sp³-hybridized carbons (Fsp3) is 0.500. The second kappa shape index (κ2) is 6.12. The second-order valence-electron chi connectivity index (χ2n) is 4.29. The molecule has 7 heteroatoms. The van der Waals surface area contributed by atoms with Gasteiger partial charge in [-0.15, -0.1) is 0 Å². The highest BCUT2D eigenvalue weighted by molar-refractivity contribution is 7.87. The number of hydrogen-bond acceptors (Lipinski definition) is 5. The molecule has 0 bridgehead atoms. The summed E-state index contributed by atoms with van der Waals surface area (Å²) >= 11 is 0. The number of hydrogen-bond donors (Lipinski definition) is 0. The summed E-state index contributed by atoms with van der Waals surface area (Å²) < 4.78 is 28.7. The molecule has 0 amide bonds. The van der Waals surface area contributed by atoms with E-state index in [1.807, 2.05) is 6.92 Å². The van der Waals surface area contributed by atoms with Crippen molar-refractivity contribution in [1.29, 1.82) is 0 Å². The monoisotopic (exact) mass is 287 g/mol. The van der Waals surface area contributed by atoms with Gasteiger partial charge in [0.2, 0.25) is 0 Å². The Hall–Kier alpha value is -1.47. The lowest BCUT2D eigenvalue weighted by Crippen LogP contribution is -2.10. The molecule has 1 aromatic rings. The zero-order chi connectivity index (χ0) is 14.6. The quantitative estimate of drug-likeness (QED) is 0.347. The van der Waals surface area contributed by atoms with E-state index >= 15 is 0 Å². The van der Waals surface area contributed by atoms with Crippen molar-refractivity contribution in [3.05, 3.63) is 33.4 Å². The molecule has 0 aliphatic carbocycles. The molecule has 0 aliphatic rings. The van der Waals surface area contributed by atoms with Crippen LogP contribution in [0.5, 0.6) is 0 Å². The maximum absolute atomic E-state index is 12.0. The number of nitrogens with zero attached hydrogens (tertiary/aromatic N) is 1. The van der Waals surface area contributed by atoms with Gasteiger partial charge in [0.05, 0.1) is 11.5 Å². The molecule has 0 aliphatic heterocycles. The molecule has 6 nitrogen and oxygen atoms in total. The SMILES string of the molecule is CCCCOS(=O)(=O)c1cc(C)c(C)cc1[N+](=O)[O-]. The minimum absolute atomic E-state index is 0.0307. The number of aryl methyl sites for hydroxylation is 2. The lowest BCUT2D eigenvalue weighted by Gasteiger charge is -2.08. The molecule has 106 valence electrons. The Labute approximate surface area is 112 Å². The predicted molar refractivity (Wildman–Crippen MR) is 70.6 cm³/mol. The van der Waals surface area contributed by atoms with E-state index in [-0.39, 0.29) is 11.5 Å². The van der Waals surface area contributed by atoms with Gasteiger partial charge in [-0.05, 0) is 37.5 Å². The fourth-order valence-corrected chi connectivity index (χ4v) is 2.67. The van der Waals surface area contributed by atoms with E-state index in [1.165, 1.54) is 12.1 Å². The first-order valence-corrected chi connectivity index (χ1v) is 7.35. The molecule has 0 heterocycles. The summed E-state index contributed by atoms with van der Waals surface area (Å²) in [5.41, 5.74) is 0.891. The van der Waals surface area contributed by atoms with E-state index in [0.717, 1.165) is 6.42 Å². The average molecular weight is 287 g/mol. The smallest absolute Gasteiger partial charge is 0.266 e. The van der Waals surface area contributed by atoms with Crippen molar-refractivity contribution in [1.82, 2.24) is 0 Å². The molecule has 0 saturated carbocycles. The van der Waals surface area contributed by atoms with Gasteiger partial charge in [-0.2, -0.15) is 8.42 Å². The lowest BCUT2D eigenvalue weighted by atomic mass is 10.1. The van der Waals surface area contributed by atoms with Crippen LogP contribution in [0.4, 0.5) is 5.69 Å². The van der Waals surface area contributed by atoms with Crippen LogP contribution in [-0.4, -0.2) is 19.9 Å². The van der Waals surface area contributed by atoms with E-state index in [0.29, 0.717) is 17.5 Å². The Morgan fingerprint density at radius 1 is 1.26 bits per heavy atom. The highest BCUT2D eigenvalue weighted by atomic mass is 32.2. The first-order valence-electron chi connectivity index (χ1n) is 5.94. The van der Waals surface area contributed by atoms with Crippen LogP contribution >= 0.6 is 0 Å². The number of nitro benzene ring substituents is 1. The van der Waals surface area contributed by atoms with Crippen molar-refractivity contribution >= 4 is 15.8 Å². The van der Waals surface area contributed by atoms with Crippen LogP contribution in [0.2, 0.25) is 0 Å². The van der Waals surface area contributed by atoms with Crippen LogP contribution in [0.15, 0.2) is 17.0 Å². The first-order chi connectivity index (χ1) is 8.79. The molecule has 0 N–H and O–H groups in total. The topological polar surface area (TPSA) is 86.5 Å².